The molecule has 8 N–H and O–H groups in total. The first-order chi connectivity index (χ1) is 31.8. The maximum Gasteiger partial charge on any atom is 0.458 e. The van der Waals surface area contributed by atoms with Gasteiger partial charge in [0, 0.05) is 49.7 Å². The molecule has 0 spiro atoms. The van der Waals surface area contributed by atoms with Crippen LogP contribution in [0.3, 0.4) is 0 Å². The SMILES string of the molecule is C.C.CNc1ccc(Oc2ccnc(-c3nc(-c4ccccc4)c(C(F)(F)F)[nH]3)c2)cc1[N+](=O)[O-].CNc1ccc(Oc2ccnc(C=O)c2)cc1[N+](=O)[O-].N.O.O=C(C(=O)C(F)(F)F)c1ccccc1. The van der Waals surface area contributed by atoms with Crippen molar-refractivity contribution >= 4 is 40.6 Å². The van der Waals surface area contributed by atoms with Crippen molar-refractivity contribution in [3.05, 3.63) is 171 Å². The molecule has 7 rings (SSSR count). The summed E-state index contributed by atoms with van der Waals surface area (Å²) in [4.78, 5) is 67.5. The molecular formula is C46H45F6N9O10. The summed E-state index contributed by atoms with van der Waals surface area (Å²) in [5.41, 5.74) is -0.416. The zero-order valence-electron chi connectivity index (χ0n) is 35.7. The Labute approximate surface area is 400 Å². The lowest BCUT2D eigenvalue weighted by atomic mass is 10.1. The number of carbonyl (C=O) groups is 3. The zero-order valence-corrected chi connectivity index (χ0v) is 35.7. The Bertz CT molecular complexity index is 2910. The number of anilines is 2. The molecule has 0 atom stereocenters. The largest absolute Gasteiger partial charge is 0.458 e. The van der Waals surface area contributed by atoms with Gasteiger partial charge in [-0.1, -0.05) is 75.5 Å². The Morgan fingerprint density at radius 3 is 1.59 bits per heavy atom. The van der Waals surface area contributed by atoms with Crippen LogP contribution in [-0.2, 0) is 11.0 Å². The quantitative estimate of drug-likeness (QED) is 0.0208. The summed E-state index contributed by atoms with van der Waals surface area (Å²) in [7, 11) is 3.16. The number of aldehydes is 1. The number of alkyl halides is 6. The number of aromatic nitrogens is 4. The summed E-state index contributed by atoms with van der Waals surface area (Å²) in [6.45, 7) is 0. The highest BCUT2D eigenvalue weighted by molar-refractivity contribution is 6.45. The highest BCUT2D eigenvalue weighted by Gasteiger charge is 2.43. The summed E-state index contributed by atoms with van der Waals surface area (Å²) in [5.74, 6) is -2.88. The van der Waals surface area contributed by atoms with E-state index < -0.39 is 39.5 Å². The van der Waals surface area contributed by atoms with E-state index in [4.69, 9.17) is 9.47 Å². The lowest BCUT2D eigenvalue weighted by molar-refractivity contribution is -0.384. The lowest BCUT2D eigenvalue weighted by Crippen LogP contribution is -2.30. The predicted octanol–water partition coefficient (Wildman–Crippen LogP) is 11.1. The molecule has 0 unspecified atom stereocenters. The summed E-state index contributed by atoms with van der Waals surface area (Å²) < 4.78 is 87.5. The van der Waals surface area contributed by atoms with Crippen molar-refractivity contribution in [2.45, 2.75) is 27.2 Å². The Hall–Kier alpha value is -9.10. The van der Waals surface area contributed by atoms with Crippen LogP contribution < -0.4 is 26.3 Å². The third-order valence-corrected chi connectivity index (χ3v) is 8.72. The maximum atomic E-state index is 13.6. The number of rotatable bonds is 13. The number of imidazole rings is 1. The number of nitrogens with zero attached hydrogens (tertiary/aromatic N) is 5. The number of nitrogens with one attached hydrogen (secondary N) is 3. The van der Waals surface area contributed by atoms with Crippen LogP contribution in [0.4, 0.5) is 49.1 Å². The van der Waals surface area contributed by atoms with Crippen molar-refractivity contribution in [2.24, 2.45) is 0 Å². The first-order valence-electron chi connectivity index (χ1n) is 18.9. The van der Waals surface area contributed by atoms with Gasteiger partial charge >= 0.3 is 18.1 Å². The molecule has 0 saturated carbocycles. The second kappa shape index (κ2) is 26.4. The second-order valence-electron chi connectivity index (χ2n) is 13.2. The van der Waals surface area contributed by atoms with Gasteiger partial charge < -0.3 is 36.7 Å². The molecule has 25 heteroatoms. The van der Waals surface area contributed by atoms with E-state index in [1.807, 2.05) is 0 Å². The second-order valence-corrected chi connectivity index (χ2v) is 13.2. The van der Waals surface area contributed by atoms with Crippen LogP contribution in [0.1, 0.15) is 41.4 Å². The van der Waals surface area contributed by atoms with Gasteiger partial charge in [-0.15, -0.1) is 0 Å². The summed E-state index contributed by atoms with van der Waals surface area (Å²) in [6, 6.07) is 29.2. The van der Waals surface area contributed by atoms with E-state index in [2.05, 4.69) is 30.6 Å². The number of nitro groups is 2. The van der Waals surface area contributed by atoms with Crippen LogP contribution in [0, 0.1) is 20.2 Å². The van der Waals surface area contributed by atoms with Crippen molar-refractivity contribution in [3.63, 3.8) is 0 Å². The molecule has 0 radical (unpaired) electrons. The third kappa shape index (κ3) is 16.0. The molecule has 7 aromatic rings. The van der Waals surface area contributed by atoms with Gasteiger partial charge in [-0.2, -0.15) is 26.3 Å². The molecule has 0 amide bonds. The number of ketones is 2. The molecule has 0 saturated heterocycles. The fraction of sp³-hybridized carbons (Fsp3) is 0.130. The summed E-state index contributed by atoms with van der Waals surface area (Å²) in [5, 5.41) is 27.6. The van der Waals surface area contributed by atoms with E-state index in [0.29, 0.717) is 34.7 Å². The molecule has 0 aliphatic carbocycles. The monoisotopic (exact) mass is 997 g/mol. The minimum atomic E-state index is -5.10. The molecular weight excluding hydrogens is 953 g/mol. The normalized spacial score (nSPS) is 10.2. The van der Waals surface area contributed by atoms with E-state index >= 15 is 0 Å². The molecule has 0 aliphatic rings. The van der Waals surface area contributed by atoms with E-state index in [1.165, 1.54) is 85.2 Å². The third-order valence-electron chi connectivity index (χ3n) is 8.72. The molecule has 4 aromatic carbocycles. The number of pyridine rings is 2. The number of hydrogen-bond acceptors (Lipinski definition) is 15. The molecule has 3 aromatic heterocycles. The van der Waals surface area contributed by atoms with Gasteiger partial charge in [0.15, 0.2) is 12.1 Å². The molecule has 0 aliphatic heterocycles. The molecule has 0 fully saturated rings. The topological polar surface area (TPSA) is 301 Å². The average molecular weight is 998 g/mol. The van der Waals surface area contributed by atoms with E-state index in [9.17, 15) is 61.0 Å². The highest BCUT2D eigenvalue weighted by atomic mass is 19.4. The number of Topliss-reactive ketones (excluding diaryl/α,β-unsaturated/α-hetero) is 2. The fourth-order valence-corrected chi connectivity index (χ4v) is 5.66. The Kier molecular flexibility index (Phi) is 22.3. The van der Waals surface area contributed by atoms with Gasteiger partial charge in [0.25, 0.3) is 11.4 Å². The molecule has 0 bridgehead atoms. The molecule has 71 heavy (non-hydrogen) atoms. The number of nitro benzene ring substituents is 2. The first-order valence-corrected chi connectivity index (χ1v) is 18.9. The van der Waals surface area contributed by atoms with Crippen molar-refractivity contribution in [2.75, 3.05) is 24.7 Å². The summed E-state index contributed by atoms with van der Waals surface area (Å²) in [6.07, 6.45) is -6.39. The van der Waals surface area contributed by atoms with Crippen molar-refractivity contribution in [3.8, 4) is 45.8 Å². The first kappa shape index (κ1) is 59.9. The molecule has 19 nitrogen and oxygen atoms in total. The highest BCUT2D eigenvalue weighted by Crippen LogP contribution is 2.38. The van der Waals surface area contributed by atoms with E-state index in [-0.39, 0.29) is 77.8 Å². The van der Waals surface area contributed by atoms with E-state index in [1.54, 1.807) is 50.5 Å². The van der Waals surface area contributed by atoms with Gasteiger partial charge in [0.1, 0.15) is 57.1 Å². The standard InChI is InChI=1S/C22H16F3N5O3.C13H11N3O4.C9H5F3O2.2CH4.H3N.H2O/c1-26-16-8-7-14(12-18(16)30(31)32)33-15-9-10-27-17(11-15)21-28-19(13-5-3-2-4-6-13)20(29-21)22(23,24)25;1-14-12-3-2-10(7-13(12)16(18)19)20-11-4-5-15-9(6-11)8-17;10-9(11,12)8(14)7(13)6-4-2-1-3-5-6;;;;/h2-12,26H,1H3,(H,28,29);2-8,14H,1H3;1-5H;2*1H4;1H3;1H2. The van der Waals surface area contributed by atoms with Crippen molar-refractivity contribution in [1.82, 2.24) is 26.1 Å². The Balaban J connectivity index is 0.000000570. The van der Waals surface area contributed by atoms with Crippen LogP contribution >= 0.6 is 0 Å². The van der Waals surface area contributed by atoms with Crippen molar-refractivity contribution in [1.29, 1.82) is 0 Å². The number of benzene rings is 4. The minimum absolute atomic E-state index is 0. The minimum Gasteiger partial charge on any atom is -0.457 e. The Morgan fingerprint density at radius 1 is 0.676 bits per heavy atom. The number of H-pyrrole nitrogens is 1. The van der Waals surface area contributed by atoms with Crippen molar-refractivity contribution < 1.29 is 65.5 Å². The summed E-state index contributed by atoms with van der Waals surface area (Å²) >= 11 is 0. The van der Waals surface area contributed by atoms with Gasteiger partial charge in [-0.3, -0.25) is 44.6 Å². The smallest absolute Gasteiger partial charge is 0.457 e. The predicted molar refractivity (Wildman–Crippen MR) is 251 cm³/mol. The number of carbonyl (C=O) groups excluding carboxylic acids is 3. The van der Waals surface area contributed by atoms with Gasteiger partial charge in [-0.25, -0.2) is 4.98 Å². The van der Waals surface area contributed by atoms with Crippen LogP contribution in [-0.4, -0.2) is 73.4 Å². The van der Waals surface area contributed by atoms with Crippen LogP contribution in [0.5, 0.6) is 23.0 Å². The van der Waals surface area contributed by atoms with Gasteiger partial charge in [-0.05, 0) is 36.4 Å². The number of halogens is 6. The number of hydrogen-bond donors (Lipinski definition) is 4. The van der Waals surface area contributed by atoms with Crippen LogP contribution in [0.15, 0.2) is 134 Å². The Morgan fingerprint density at radius 2 is 1.14 bits per heavy atom. The van der Waals surface area contributed by atoms with Crippen LogP contribution in [0.2, 0.25) is 0 Å². The zero-order chi connectivity index (χ0) is 48.9. The average Bonchev–Trinajstić information content (AvgIpc) is 3.79. The fourth-order valence-electron chi connectivity index (χ4n) is 5.66. The van der Waals surface area contributed by atoms with Gasteiger partial charge in [0.2, 0.25) is 5.78 Å². The molecule has 376 valence electrons. The number of aromatic amines is 1. The van der Waals surface area contributed by atoms with Gasteiger partial charge in [0.05, 0.1) is 22.0 Å². The number of ether oxygens (including phenoxy) is 2. The van der Waals surface area contributed by atoms with E-state index in [0.717, 1.165) is 12.1 Å². The maximum absolute atomic E-state index is 13.6. The lowest BCUT2D eigenvalue weighted by Gasteiger charge is -2.08. The van der Waals surface area contributed by atoms with Crippen LogP contribution in [0.25, 0.3) is 22.8 Å². The molecule has 3 heterocycles.